The van der Waals surface area contributed by atoms with Crippen LogP contribution in [0.15, 0.2) is 60.7 Å². The third-order valence-corrected chi connectivity index (χ3v) is 4.76. The van der Waals surface area contributed by atoms with Gasteiger partial charge < -0.3 is 10.3 Å². The summed E-state index contributed by atoms with van der Waals surface area (Å²) < 4.78 is 0. The van der Waals surface area contributed by atoms with E-state index in [4.69, 9.17) is 34.8 Å². The van der Waals surface area contributed by atoms with E-state index in [1.165, 1.54) is 0 Å². The van der Waals surface area contributed by atoms with Gasteiger partial charge in [0.2, 0.25) is 0 Å². The minimum Gasteiger partial charge on any atom is -0.338 e. The van der Waals surface area contributed by atoms with Gasteiger partial charge in [0.15, 0.2) is 0 Å². The first kappa shape index (κ1) is 17.9. The van der Waals surface area contributed by atoms with Crippen molar-refractivity contribution in [3.05, 3.63) is 81.3 Å². The normalized spacial score (nSPS) is 10.9. The van der Waals surface area contributed by atoms with Gasteiger partial charge in [-0.15, -0.1) is 0 Å². The summed E-state index contributed by atoms with van der Waals surface area (Å²) in [4.78, 5) is 20.3. The number of carbonyl (C=O) groups is 1. The van der Waals surface area contributed by atoms with Gasteiger partial charge in [-0.25, -0.2) is 4.98 Å². The van der Waals surface area contributed by atoms with Crippen LogP contribution in [0.3, 0.4) is 0 Å². The molecule has 0 bridgehead atoms. The number of para-hydroxylation sites is 2. The Morgan fingerprint density at radius 1 is 0.926 bits per heavy atom. The molecule has 0 atom stereocenters. The van der Waals surface area contributed by atoms with Gasteiger partial charge in [-0.3, -0.25) is 4.79 Å². The number of anilines is 1. The summed E-state index contributed by atoms with van der Waals surface area (Å²) in [6, 6.07) is 17.6. The molecule has 1 aromatic heterocycles. The lowest BCUT2D eigenvalue weighted by atomic mass is 10.1. The number of fused-ring (bicyclic) bond motifs is 1. The van der Waals surface area contributed by atoms with Gasteiger partial charge in [0.05, 0.1) is 16.1 Å². The molecule has 0 spiro atoms. The molecule has 0 radical (unpaired) electrons. The molecule has 0 aliphatic rings. The van der Waals surface area contributed by atoms with Crippen molar-refractivity contribution >= 4 is 57.4 Å². The first-order valence-corrected chi connectivity index (χ1v) is 9.15. The Kier molecular flexibility index (Phi) is 4.79. The molecule has 0 saturated heterocycles. The molecule has 4 rings (SSSR count). The lowest BCUT2D eigenvalue weighted by Crippen LogP contribution is -2.12. The summed E-state index contributed by atoms with van der Waals surface area (Å²) in [5.74, 6) is 0.306. The van der Waals surface area contributed by atoms with Crippen molar-refractivity contribution in [2.75, 3.05) is 5.32 Å². The smallest absolute Gasteiger partial charge is 0.255 e. The second-order valence-corrected chi connectivity index (χ2v) is 7.19. The molecule has 7 heteroatoms. The van der Waals surface area contributed by atoms with Crippen LogP contribution < -0.4 is 5.32 Å². The Morgan fingerprint density at radius 3 is 2.41 bits per heavy atom. The average Bonchev–Trinajstić information content (AvgIpc) is 3.06. The second kappa shape index (κ2) is 7.24. The molecular weight excluding hydrogens is 405 g/mol. The van der Waals surface area contributed by atoms with E-state index in [2.05, 4.69) is 15.3 Å². The lowest BCUT2D eigenvalue weighted by molar-refractivity contribution is 0.102. The van der Waals surface area contributed by atoms with E-state index in [-0.39, 0.29) is 5.91 Å². The molecule has 134 valence electrons. The topological polar surface area (TPSA) is 57.8 Å². The molecule has 0 fully saturated rings. The minimum absolute atomic E-state index is 0.322. The Bertz CT molecular complexity index is 1120. The summed E-state index contributed by atoms with van der Waals surface area (Å²) in [6.45, 7) is 0. The number of nitrogens with one attached hydrogen (secondary N) is 2. The van der Waals surface area contributed by atoms with Crippen LogP contribution in [0.1, 0.15) is 10.4 Å². The highest BCUT2D eigenvalue weighted by Crippen LogP contribution is 2.30. The summed E-state index contributed by atoms with van der Waals surface area (Å²) in [7, 11) is 0. The predicted molar refractivity (Wildman–Crippen MR) is 111 cm³/mol. The third kappa shape index (κ3) is 3.78. The molecule has 1 heterocycles. The summed E-state index contributed by atoms with van der Waals surface area (Å²) >= 11 is 18.3. The van der Waals surface area contributed by atoms with Crippen molar-refractivity contribution < 1.29 is 4.79 Å². The number of hydrogen-bond donors (Lipinski definition) is 2. The molecule has 2 N–H and O–H groups in total. The number of nitrogens with zero attached hydrogens (tertiary/aromatic N) is 1. The molecule has 27 heavy (non-hydrogen) atoms. The molecule has 3 aromatic carbocycles. The summed E-state index contributed by atoms with van der Waals surface area (Å²) in [5.41, 5.74) is 3.39. The number of imidazole rings is 1. The van der Waals surface area contributed by atoms with Crippen molar-refractivity contribution in [2.24, 2.45) is 0 Å². The highest BCUT2D eigenvalue weighted by Gasteiger charge is 2.13. The van der Waals surface area contributed by atoms with Gasteiger partial charge in [-0.2, -0.15) is 0 Å². The highest BCUT2D eigenvalue weighted by molar-refractivity contribution is 6.35. The van der Waals surface area contributed by atoms with Gasteiger partial charge in [0.25, 0.3) is 5.91 Å². The number of aromatic nitrogens is 2. The van der Waals surface area contributed by atoms with Crippen LogP contribution in [0.5, 0.6) is 0 Å². The van der Waals surface area contributed by atoms with Gasteiger partial charge in [0, 0.05) is 26.9 Å². The highest BCUT2D eigenvalue weighted by atomic mass is 35.5. The van der Waals surface area contributed by atoms with Crippen molar-refractivity contribution in [3.63, 3.8) is 0 Å². The molecule has 4 aromatic rings. The average molecular weight is 417 g/mol. The van der Waals surface area contributed by atoms with E-state index < -0.39 is 0 Å². The van der Waals surface area contributed by atoms with Crippen molar-refractivity contribution in [1.82, 2.24) is 9.97 Å². The molecule has 4 nitrogen and oxygen atoms in total. The maximum absolute atomic E-state index is 12.5. The zero-order valence-corrected chi connectivity index (χ0v) is 16.0. The fraction of sp³-hybridized carbons (Fsp3) is 0. The fourth-order valence-electron chi connectivity index (χ4n) is 2.75. The number of aromatic amines is 1. The Morgan fingerprint density at radius 2 is 1.67 bits per heavy atom. The lowest BCUT2D eigenvalue weighted by Gasteiger charge is -2.09. The van der Waals surface area contributed by atoms with Crippen LogP contribution in [-0.2, 0) is 0 Å². The van der Waals surface area contributed by atoms with Crippen LogP contribution >= 0.6 is 34.8 Å². The van der Waals surface area contributed by atoms with Crippen LogP contribution in [0.2, 0.25) is 15.1 Å². The Balaban J connectivity index is 1.66. The van der Waals surface area contributed by atoms with E-state index in [9.17, 15) is 4.79 Å². The molecular formula is C20H12Cl3N3O. The third-order valence-electron chi connectivity index (χ3n) is 3.99. The molecule has 0 unspecified atom stereocenters. The monoisotopic (exact) mass is 415 g/mol. The van der Waals surface area contributed by atoms with Crippen molar-refractivity contribution in [3.8, 4) is 11.4 Å². The quantitative estimate of drug-likeness (QED) is 0.403. The SMILES string of the molecule is O=C(Nc1ccc(Cl)c(-c2nc3ccccc3[nH]2)c1)c1cc(Cl)cc(Cl)c1. The summed E-state index contributed by atoms with van der Waals surface area (Å²) in [5, 5.41) is 4.14. The standard InChI is InChI=1S/C20H12Cl3N3O/c21-12-7-11(8-13(22)9-12)20(27)24-14-5-6-16(23)15(10-14)19-25-17-3-1-2-4-18(17)26-19/h1-10H,(H,24,27)(H,25,26). The van der Waals surface area contributed by atoms with Gasteiger partial charge >= 0.3 is 0 Å². The van der Waals surface area contributed by atoms with Crippen molar-refractivity contribution in [2.45, 2.75) is 0 Å². The minimum atomic E-state index is -0.322. The number of halogens is 3. The fourth-order valence-corrected chi connectivity index (χ4v) is 3.49. The number of H-pyrrole nitrogens is 1. The number of rotatable bonds is 3. The van der Waals surface area contributed by atoms with Crippen LogP contribution in [0.25, 0.3) is 22.4 Å². The van der Waals surface area contributed by atoms with E-state index in [1.807, 2.05) is 24.3 Å². The predicted octanol–water partition coefficient (Wildman–Crippen LogP) is 6.44. The van der Waals surface area contributed by atoms with E-state index in [1.54, 1.807) is 36.4 Å². The van der Waals surface area contributed by atoms with Crippen LogP contribution in [0.4, 0.5) is 5.69 Å². The van der Waals surface area contributed by atoms with E-state index in [0.717, 1.165) is 11.0 Å². The van der Waals surface area contributed by atoms with Gasteiger partial charge in [0.1, 0.15) is 5.82 Å². The molecule has 0 aliphatic carbocycles. The van der Waals surface area contributed by atoms with Crippen molar-refractivity contribution in [1.29, 1.82) is 0 Å². The van der Waals surface area contributed by atoms with Gasteiger partial charge in [-0.1, -0.05) is 46.9 Å². The number of benzene rings is 3. The number of hydrogen-bond acceptors (Lipinski definition) is 2. The first-order chi connectivity index (χ1) is 13.0. The second-order valence-electron chi connectivity index (χ2n) is 5.91. The van der Waals surface area contributed by atoms with E-state index in [0.29, 0.717) is 37.7 Å². The number of carbonyl (C=O) groups excluding carboxylic acids is 1. The van der Waals surface area contributed by atoms with Gasteiger partial charge in [-0.05, 0) is 48.5 Å². The molecule has 0 saturated carbocycles. The maximum Gasteiger partial charge on any atom is 0.255 e. The largest absolute Gasteiger partial charge is 0.338 e. The Hall–Kier alpha value is -2.53. The summed E-state index contributed by atoms with van der Waals surface area (Å²) in [6.07, 6.45) is 0. The van der Waals surface area contributed by atoms with Crippen LogP contribution in [-0.4, -0.2) is 15.9 Å². The van der Waals surface area contributed by atoms with E-state index >= 15 is 0 Å². The molecule has 0 aliphatic heterocycles. The molecule has 1 amide bonds. The van der Waals surface area contributed by atoms with Crippen LogP contribution in [0, 0.1) is 0 Å². The first-order valence-electron chi connectivity index (χ1n) is 8.02. The Labute approximate surface area is 170 Å². The number of amides is 1. The maximum atomic E-state index is 12.5. The zero-order chi connectivity index (χ0) is 19.0. The zero-order valence-electron chi connectivity index (χ0n) is 13.8.